The van der Waals surface area contributed by atoms with Crippen LogP contribution in [0.2, 0.25) is 0 Å². The van der Waals surface area contributed by atoms with E-state index >= 15 is 0 Å². The molecule has 0 amide bonds. The fraction of sp³-hybridized carbons (Fsp3) is 0.348. The van der Waals surface area contributed by atoms with Gasteiger partial charge in [0.15, 0.2) is 5.71 Å². The lowest BCUT2D eigenvalue weighted by molar-refractivity contribution is -0.437. The van der Waals surface area contributed by atoms with Crippen LogP contribution in [0.1, 0.15) is 129 Å². The highest BCUT2D eigenvalue weighted by atomic mass is 15.2. The van der Waals surface area contributed by atoms with Crippen LogP contribution < -0.4 is 9.80 Å². The molecule has 0 fully saturated rings. The number of allylic oxidation sites excluding steroid dienone is 11. The lowest BCUT2D eigenvalue weighted by atomic mass is 9.70. The van der Waals surface area contributed by atoms with E-state index in [0.29, 0.717) is 5.92 Å². The Hall–Kier alpha value is -6.45. The third kappa shape index (κ3) is 8.86. The van der Waals surface area contributed by atoms with Crippen molar-refractivity contribution < 1.29 is 4.58 Å². The molecule has 0 bridgehead atoms. The van der Waals surface area contributed by atoms with E-state index in [0.717, 1.165) is 57.3 Å². The highest BCUT2D eigenvalue weighted by molar-refractivity contribution is 6.03. The third-order valence-electron chi connectivity index (χ3n) is 16.7. The van der Waals surface area contributed by atoms with Crippen molar-refractivity contribution in [2.75, 3.05) is 29.4 Å². The zero-order chi connectivity index (χ0) is 51.0. The van der Waals surface area contributed by atoms with E-state index in [2.05, 4.69) is 260 Å². The van der Waals surface area contributed by atoms with Crippen LogP contribution in [0.5, 0.6) is 0 Å². The van der Waals surface area contributed by atoms with Gasteiger partial charge in [0.05, 0.1) is 5.41 Å². The van der Waals surface area contributed by atoms with Crippen molar-refractivity contribution in [3.63, 3.8) is 0 Å². The van der Waals surface area contributed by atoms with Gasteiger partial charge in [-0.15, -0.1) is 0 Å². The molecule has 6 aromatic rings. The van der Waals surface area contributed by atoms with Crippen molar-refractivity contribution in [3.8, 4) is 0 Å². The highest BCUT2D eigenvalue weighted by Gasteiger charge is 2.46. The first-order valence-corrected chi connectivity index (χ1v) is 27.1. The zero-order valence-corrected chi connectivity index (χ0v) is 45.4. The van der Waals surface area contributed by atoms with Crippen LogP contribution in [-0.2, 0) is 21.7 Å². The molecule has 9 rings (SSSR count). The molecule has 370 valence electrons. The first-order chi connectivity index (χ1) is 34.6. The number of benzene rings is 6. The molecule has 3 nitrogen and oxygen atoms in total. The van der Waals surface area contributed by atoms with Crippen LogP contribution >= 0.6 is 0 Å². The molecule has 3 heterocycles. The Morgan fingerprint density at radius 1 is 0.667 bits per heavy atom. The molecular weight excluding hydrogens is 871 g/mol. The van der Waals surface area contributed by atoms with Crippen LogP contribution in [-0.4, -0.2) is 29.9 Å². The number of nitrogens with zero attached hydrogens (tertiary/aromatic N) is 3. The molecule has 0 N–H and O–H groups in total. The lowest BCUT2D eigenvalue weighted by Gasteiger charge is -2.34. The van der Waals surface area contributed by atoms with Gasteiger partial charge in [0.25, 0.3) is 0 Å². The van der Waals surface area contributed by atoms with Gasteiger partial charge in [0.1, 0.15) is 6.54 Å². The van der Waals surface area contributed by atoms with Crippen molar-refractivity contribution in [2.45, 2.75) is 130 Å². The minimum atomic E-state index is -0.382. The van der Waals surface area contributed by atoms with E-state index in [1.165, 1.54) is 83.5 Å². The van der Waals surface area contributed by atoms with Crippen LogP contribution in [0.3, 0.4) is 0 Å². The quantitative estimate of drug-likeness (QED) is 0.0512. The second-order valence-electron chi connectivity index (χ2n) is 22.9. The Kier molecular flexibility index (Phi) is 14.2. The van der Waals surface area contributed by atoms with Gasteiger partial charge in [-0.25, -0.2) is 0 Å². The molecule has 0 aliphatic carbocycles. The molecule has 0 spiro atoms. The summed E-state index contributed by atoms with van der Waals surface area (Å²) in [5.74, 6) is 0.582. The summed E-state index contributed by atoms with van der Waals surface area (Å²) in [5, 5.41) is 5.20. The first-order valence-electron chi connectivity index (χ1n) is 27.1. The fourth-order valence-corrected chi connectivity index (χ4v) is 12.8. The van der Waals surface area contributed by atoms with Crippen molar-refractivity contribution in [3.05, 3.63) is 221 Å². The van der Waals surface area contributed by atoms with Gasteiger partial charge in [-0.05, 0) is 133 Å². The average Bonchev–Trinajstić information content (AvgIpc) is 3.84. The normalized spacial score (nSPS) is 20.1. The van der Waals surface area contributed by atoms with Crippen molar-refractivity contribution >= 4 is 44.3 Å². The predicted molar refractivity (Wildman–Crippen MR) is 313 cm³/mol. The van der Waals surface area contributed by atoms with E-state index in [-0.39, 0.29) is 21.7 Å². The Morgan fingerprint density at radius 3 is 2.04 bits per heavy atom. The standard InChI is InChI=1S/C69H80N3/c1-13-46-70-58-34-21-19-32-56(58)66(7,8)61(70)36-25-27-51(6)68(11,64-50(5)39-40-52-28-15-17-30-54(52)64)44-23-24-45-69(12)63(38-26-37-62-67(9,10)57-33-20-22-35-59(57)71(62)47-14-2)72(48-43-49(3)4)60-42-41-53-29-16-18-31-55(53)65(60)69/h15-42,49H,6,13-14,43-48H2,1-5,7-12H3/q+1/b24-23?,27-25+,61-36+. The minimum Gasteiger partial charge on any atom is -0.344 e. The molecule has 0 aromatic heterocycles. The Morgan fingerprint density at radius 2 is 1.31 bits per heavy atom. The maximum atomic E-state index is 4.95. The van der Waals surface area contributed by atoms with Crippen LogP contribution in [0.15, 0.2) is 193 Å². The molecule has 6 aromatic carbocycles. The molecule has 2 unspecified atom stereocenters. The number of para-hydroxylation sites is 2. The van der Waals surface area contributed by atoms with E-state index in [4.69, 9.17) is 6.58 Å². The first kappa shape index (κ1) is 50.5. The summed E-state index contributed by atoms with van der Waals surface area (Å²) in [4.78, 5) is 5.20. The minimum absolute atomic E-state index is 0.0987. The van der Waals surface area contributed by atoms with Gasteiger partial charge < -0.3 is 9.80 Å². The summed E-state index contributed by atoms with van der Waals surface area (Å²) < 4.78 is 2.56. The summed E-state index contributed by atoms with van der Waals surface area (Å²) in [6, 6.07) is 45.2. The number of aryl methyl sites for hydroxylation is 1. The lowest BCUT2D eigenvalue weighted by Crippen LogP contribution is -2.30. The number of anilines is 2. The Labute approximate surface area is 433 Å². The average molecular weight is 951 g/mol. The second kappa shape index (κ2) is 20.2. The van der Waals surface area contributed by atoms with Gasteiger partial charge in [-0.1, -0.05) is 189 Å². The number of fused-ring (bicyclic) bond motifs is 6. The molecule has 2 atom stereocenters. The molecule has 0 radical (unpaired) electrons. The van der Waals surface area contributed by atoms with Crippen LogP contribution in [0, 0.1) is 12.8 Å². The molecular formula is C69H80N3+. The summed E-state index contributed by atoms with van der Waals surface area (Å²) in [5.41, 5.74) is 15.2. The van der Waals surface area contributed by atoms with E-state index in [1.54, 1.807) is 0 Å². The second-order valence-corrected chi connectivity index (χ2v) is 22.9. The smallest absolute Gasteiger partial charge is 0.209 e. The largest absolute Gasteiger partial charge is 0.344 e. The zero-order valence-electron chi connectivity index (χ0n) is 45.4. The topological polar surface area (TPSA) is 9.49 Å². The molecule has 0 saturated heterocycles. The number of hydrogen-bond donors (Lipinski definition) is 0. The summed E-state index contributed by atoms with van der Waals surface area (Å²) in [7, 11) is 0. The van der Waals surface area contributed by atoms with Gasteiger partial charge in [0.2, 0.25) is 5.69 Å². The highest BCUT2D eigenvalue weighted by Crippen LogP contribution is 2.54. The maximum Gasteiger partial charge on any atom is 0.209 e. The van der Waals surface area contributed by atoms with E-state index < -0.39 is 0 Å². The third-order valence-corrected chi connectivity index (χ3v) is 16.7. The summed E-state index contributed by atoms with van der Waals surface area (Å²) >= 11 is 0. The monoisotopic (exact) mass is 951 g/mol. The SMILES string of the molecule is C=C(/C=C/C=C1/N(CCC)c2ccccc2C1(C)C)C(C)(CC=CCC1(C)C(=CC=CC2=[N+](CCC)c3ccccc3C2(C)C)N(CCC(C)C)c2ccc3ccccc3c21)c1c(C)ccc2ccccc12. The van der Waals surface area contributed by atoms with E-state index in [1.807, 2.05) is 0 Å². The molecule has 3 aliphatic heterocycles. The van der Waals surface area contributed by atoms with Crippen LogP contribution in [0.4, 0.5) is 17.1 Å². The molecule has 3 heteroatoms. The number of rotatable bonds is 17. The summed E-state index contributed by atoms with van der Waals surface area (Å²) in [6.07, 6.45) is 24.1. The molecule has 0 saturated carbocycles. The number of hydrogen-bond acceptors (Lipinski definition) is 2. The van der Waals surface area contributed by atoms with Crippen molar-refractivity contribution in [2.24, 2.45) is 5.92 Å². The fourth-order valence-electron chi connectivity index (χ4n) is 12.8. The van der Waals surface area contributed by atoms with Gasteiger partial charge in [-0.3, -0.25) is 0 Å². The van der Waals surface area contributed by atoms with Crippen molar-refractivity contribution in [1.82, 2.24) is 0 Å². The maximum absolute atomic E-state index is 4.95. The molecule has 72 heavy (non-hydrogen) atoms. The Bertz CT molecular complexity index is 3220. The van der Waals surface area contributed by atoms with Gasteiger partial charge in [0, 0.05) is 76.2 Å². The summed E-state index contributed by atoms with van der Waals surface area (Å²) in [6.45, 7) is 33.9. The van der Waals surface area contributed by atoms with Crippen LogP contribution in [0.25, 0.3) is 21.5 Å². The molecule has 3 aliphatic rings. The van der Waals surface area contributed by atoms with Crippen molar-refractivity contribution in [1.29, 1.82) is 0 Å². The van der Waals surface area contributed by atoms with E-state index in [9.17, 15) is 0 Å². The van der Waals surface area contributed by atoms with Gasteiger partial charge >= 0.3 is 0 Å². The van der Waals surface area contributed by atoms with Gasteiger partial charge in [-0.2, -0.15) is 4.58 Å². The Balaban J connectivity index is 1.12. The predicted octanol–water partition coefficient (Wildman–Crippen LogP) is 17.9.